The van der Waals surface area contributed by atoms with Crippen molar-refractivity contribution in [2.75, 3.05) is 52.5 Å². The third-order valence-electron chi connectivity index (χ3n) is 5.69. The number of carbonyl (C=O) groups is 3. The Bertz CT molecular complexity index is 610. The highest BCUT2D eigenvalue weighted by Crippen LogP contribution is 2.14. The number of rotatable bonds is 8. The van der Waals surface area contributed by atoms with Gasteiger partial charge in [-0.2, -0.15) is 0 Å². The van der Waals surface area contributed by atoms with Gasteiger partial charge in [-0.1, -0.05) is 0 Å². The van der Waals surface area contributed by atoms with E-state index >= 15 is 0 Å². The van der Waals surface area contributed by atoms with Crippen LogP contribution in [0.5, 0.6) is 0 Å². The van der Waals surface area contributed by atoms with Gasteiger partial charge in [-0.05, 0) is 58.8 Å². The van der Waals surface area contributed by atoms with E-state index in [1.807, 2.05) is 20.8 Å². The molecule has 4 amide bonds. The molecule has 2 rings (SSSR count). The molecule has 2 aliphatic rings. The number of nitrogens with two attached hydrogens (primary N) is 1. The van der Waals surface area contributed by atoms with Gasteiger partial charge in [-0.3, -0.25) is 4.79 Å². The summed E-state index contributed by atoms with van der Waals surface area (Å²) in [5, 5.41) is 5.72. The fourth-order valence-corrected chi connectivity index (χ4v) is 3.78. The molecule has 2 heterocycles. The Kier molecular flexibility index (Phi) is 10.5. The summed E-state index contributed by atoms with van der Waals surface area (Å²) in [5.41, 5.74) is 5.57. The third kappa shape index (κ3) is 9.60. The average molecular weight is 456 g/mol. The normalized spacial score (nSPS) is 18.8. The molecule has 0 radical (unpaired) electrons. The van der Waals surface area contributed by atoms with E-state index in [2.05, 4.69) is 10.6 Å². The maximum absolute atomic E-state index is 12.6. The van der Waals surface area contributed by atoms with Crippen LogP contribution in [0, 0.1) is 5.92 Å². The summed E-state index contributed by atoms with van der Waals surface area (Å²) in [5.74, 6) is 0.403. The smallest absolute Gasteiger partial charge is 0.407 e. The quantitative estimate of drug-likeness (QED) is 0.474. The highest BCUT2D eigenvalue weighted by Gasteiger charge is 2.27. The summed E-state index contributed by atoms with van der Waals surface area (Å²) >= 11 is 0. The molecule has 0 saturated carbocycles. The first-order valence-electron chi connectivity index (χ1n) is 11.8. The molecule has 32 heavy (non-hydrogen) atoms. The van der Waals surface area contributed by atoms with Gasteiger partial charge in [0.25, 0.3) is 0 Å². The first-order valence-corrected chi connectivity index (χ1v) is 11.8. The molecule has 184 valence electrons. The van der Waals surface area contributed by atoms with Crippen molar-refractivity contribution in [3.05, 3.63) is 0 Å². The molecule has 0 bridgehead atoms. The molecule has 0 aromatic carbocycles. The molecule has 0 aromatic heterocycles. The molecule has 0 aromatic rings. The highest BCUT2D eigenvalue weighted by molar-refractivity contribution is 5.82. The fraction of sp³-hybridized carbons (Fsp3) is 0.864. The van der Waals surface area contributed by atoms with Gasteiger partial charge in [0.1, 0.15) is 5.60 Å². The van der Waals surface area contributed by atoms with E-state index in [9.17, 15) is 14.4 Å². The number of ether oxygens (including phenoxy) is 2. The fourth-order valence-electron chi connectivity index (χ4n) is 3.78. The topological polar surface area (TPSA) is 126 Å². The van der Waals surface area contributed by atoms with E-state index in [0.717, 1.165) is 38.9 Å². The Balaban J connectivity index is 1.57. The van der Waals surface area contributed by atoms with Crippen molar-refractivity contribution < 1.29 is 23.9 Å². The molecule has 2 saturated heterocycles. The lowest BCUT2D eigenvalue weighted by atomic mass is 10.0. The number of hydrogen-bond acceptors (Lipinski definition) is 6. The van der Waals surface area contributed by atoms with Gasteiger partial charge >= 0.3 is 12.1 Å². The number of unbranched alkanes of at least 4 members (excludes halogenated alkanes) is 1. The Morgan fingerprint density at radius 2 is 1.66 bits per heavy atom. The second kappa shape index (κ2) is 12.8. The number of hydrogen-bond donors (Lipinski definition) is 3. The van der Waals surface area contributed by atoms with Gasteiger partial charge < -0.3 is 35.6 Å². The van der Waals surface area contributed by atoms with Gasteiger partial charge in [0.2, 0.25) is 5.91 Å². The molecule has 1 atom stereocenters. The molecule has 2 fully saturated rings. The first kappa shape index (κ1) is 26.2. The minimum atomic E-state index is -0.564. The average Bonchev–Trinajstić information content (AvgIpc) is 2.76. The monoisotopic (exact) mass is 455 g/mol. The van der Waals surface area contributed by atoms with E-state index in [4.69, 9.17) is 15.2 Å². The molecule has 4 N–H and O–H groups in total. The molecule has 0 spiro atoms. The summed E-state index contributed by atoms with van der Waals surface area (Å²) in [6.45, 7) is 10.2. The summed E-state index contributed by atoms with van der Waals surface area (Å²) < 4.78 is 10.5. The lowest BCUT2D eigenvalue weighted by Crippen LogP contribution is -2.56. The second-order valence-corrected chi connectivity index (χ2v) is 9.59. The van der Waals surface area contributed by atoms with Gasteiger partial charge in [-0.25, -0.2) is 9.59 Å². The molecule has 1 unspecified atom stereocenters. The predicted octanol–water partition coefficient (Wildman–Crippen LogP) is 1.29. The third-order valence-corrected chi connectivity index (χ3v) is 5.69. The van der Waals surface area contributed by atoms with Gasteiger partial charge in [-0.15, -0.1) is 0 Å². The number of carbonyl (C=O) groups excluding carboxylic acids is 3. The Morgan fingerprint density at radius 1 is 1.03 bits per heavy atom. The van der Waals surface area contributed by atoms with Crippen LogP contribution in [0.4, 0.5) is 9.59 Å². The van der Waals surface area contributed by atoms with Crippen LogP contribution in [-0.4, -0.2) is 92.0 Å². The second-order valence-electron chi connectivity index (χ2n) is 9.59. The molecule has 2 aliphatic heterocycles. The Hall–Kier alpha value is -2.07. The van der Waals surface area contributed by atoms with Gasteiger partial charge in [0.05, 0.1) is 6.04 Å². The van der Waals surface area contributed by atoms with Crippen molar-refractivity contribution in [2.24, 2.45) is 11.7 Å². The summed E-state index contributed by atoms with van der Waals surface area (Å²) in [7, 11) is 0. The molecular formula is C22H41N5O5. The van der Waals surface area contributed by atoms with Crippen LogP contribution in [0.3, 0.4) is 0 Å². The zero-order valence-corrected chi connectivity index (χ0v) is 19.9. The van der Waals surface area contributed by atoms with Crippen LogP contribution >= 0.6 is 0 Å². The van der Waals surface area contributed by atoms with E-state index in [1.54, 1.807) is 9.80 Å². The molecule has 0 aliphatic carbocycles. The number of nitrogens with one attached hydrogen (secondary N) is 2. The lowest BCUT2D eigenvalue weighted by molar-refractivity contribution is -0.134. The lowest BCUT2D eigenvalue weighted by Gasteiger charge is -2.36. The number of amides is 4. The van der Waals surface area contributed by atoms with Crippen LogP contribution < -0.4 is 16.4 Å². The van der Waals surface area contributed by atoms with Crippen molar-refractivity contribution in [3.63, 3.8) is 0 Å². The van der Waals surface area contributed by atoms with Crippen LogP contribution in [0.2, 0.25) is 0 Å². The number of urea groups is 1. The largest absolute Gasteiger partial charge is 0.444 e. The number of nitrogens with zero attached hydrogens (tertiary/aromatic N) is 2. The summed E-state index contributed by atoms with van der Waals surface area (Å²) in [6, 6.07) is -0.629. The van der Waals surface area contributed by atoms with E-state index in [1.165, 1.54) is 0 Å². The van der Waals surface area contributed by atoms with Crippen LogP contribution in [0.15, 0.2) is 0 Å². The minimum Gasteiger partial charge on any atom is -0.444 e. The van der Waals surface area contributed by atoms with Crippen LogP contribution in [0.25, 0.3) is 0 Å². The minimum absolute atomic E-state index is 0.0645. The van der Waals surface area contributed by atoms with Gasteiger partial charge in [0.15, 0.2) is 0 Å². The molecule has 10 heteroatoms. The van der Waals surface area contributed by atoms with Gasteiger partial charge in [0, 0.05) is 52.5 Å². The zero-order valence-electron chi connectivity index (χ0n) is 19.9. The maximum Gasteiger partial charge on any atom is 0.407 e. The van der Waals surface area contributed by atoms with Crippen molar-refractivity contribution in [3.8, 4) is 0 Å². The van der Waals surface area contributed by atoms with E-state index in [-0.39, 0.29) is 11.9 Å². The van der Waals surface area contributed by atoms with Crippen molar-refractivity contribution in [1.29, 1.82) is 0 Å². The number of piperazine rings is 1. The molecular weight excluding hydrogens is 414 g/mol. The first-order chi connectivity index (χ1) is 15.2. The number of alkyl carbamates (subject to hydrolysis) is 1. The SMILES string of the molecule is CC(C)(C)OC(=O)NCCCCC(N)C(=O)N1CCN(C(=O)NCC2CCOCC2)CC1. The molecule has 10 nitrogen and oxygen atoms in total. The van der Waals surface area contributed by atoms with Crippen LogP contribution in [-0.2, 0) is 14.3 Å². The summed E-state index contributed by atoms with van der Waals surface area (Å²) in [6.07, 6.45) is 3.54. The standard InChI is InChI=1S/C22H41N5O5/c1-22(2,3)32-21(30)24-9-5-4-6-18(23)19(28)26-10-12-27(13-11-26)20(29)25-16-17-7-14-31-15-8-17/h17-18H,4-16,23H2,1-3H3,(H,24,30)(H,25,29). The van der Waals surface area contributed by atoms with E-state index < -0.39 is 17.7 Å². The van der Waals surface area contributed by atoms with Crippen molar-refractivity contribution >= 4 is 18.0 Å². The maximum atomic E-state index is 12.6. The zero-order chi connectivity index (χ0) is 23.6. The van der Waals surface area contributed by atoms with Crippen molar-refractivity contribution in [2.45, 2.75) is 64.5 Å². The van der Waals surface area contributed by atoms with E-state index in [0.29, 0.717) is 51.6 Å². The summed E-state index contributed by atoms with van der Waals surface area (Å²) in [4.78, 5) is 40.1. The highest BCUT2D eigenvalue weighted by atomic mass is 16.6. The Labute approximate surface area is 191 Å². The Morgan fingerprint density at radius 3 is 2.28 bits per heavy atom. The van der Waals surface area contributed by atoms with Crippen molar-refractivity contribution in [1.82, 2.24) is 20.4 Å². The predicted molar refractivity (Wildman–Crippen MR) is 121 cm³/mol. The van der Waals surface area contributed by atoms with Crippen LogP contribution in [0.1, 0.15) is 52.9 Å².